The summed E-state index contributed by atoms with van der Waals surface area (Å²) >= 11 is 6.80. The normalized spacial score (nSPS) is 21.3. The fraction of sp³-hybridized carbons (Fsp3) is 0.524. The summed E-state index contributed by atoms with van der Waals surface area (Å²) in [5.41, 5.74) is 9.00. The largest absolute Gasteiger partial charge is 0.379 e. The number of hydrogen-bond donors (Lipinski definition) is 1. The molecule has 0 radical (unpaired) electrons. The van der Waals surface area contributed by atoms with Gasteiger partial charge >= 0.3 is 0 Å². The van der Waals surface area contributed by atoms with E-state index in [1.165, 1.54) is 5.69 Å². The van der Waals surface area contributed by atoms with Gasteiger partial charge in [-0.15, -0.1) is 0 Å². The molecule has 0 amide bonds. The van der Waals surface area contributed by atoms with Gasteiger partial charge in [0, 0.05) is 61.8 Å². The molecule has 4 rings (SSSR count). The van der Waals surface area contributed by atoms with E-state index >= 15 is 0 Å². The number of ether oxygens (including phenoxy) is 1. The van der Waals surface area contributed by atoms with Crippen LogP contribution < -0.4 is 15.5 Å². The predicted molar refractivity (Wildman–Crippen MR) is 118 cm³/mol. The highest BCUT2D eigenvalue weighted by molar-refractivity contribution is 6.31. The molecule has 156 valence electrons. The lowest BCUT2D eigenvalue weighted by molar-refractivity contribution is 0.134. The van der Waals surface area contributed by atoms with E-state index in [2.05, 4.69) is 49.9 Å². The van der Waals surface area contributed by atoms with Crippen LogP contribution >= 0.6 is 11.6 Å². The van der Waals surface area contributed by atoms with Gasteiger partial charge in [-0.2, -0.15) is 4.98 Å². The van der Waals surface area contributed by atoms with E-state index in [0.717, 1.165) is 67.8 Å². The maximum atomic E-state index is 6.80. The van der Waals surface area contributed by atoms with Crippen LogP contribution in [0.15, 0.2) is 24.3 Å². The first-order chi connectivity index (χ1) is 14.0. The Morgan fingerprint density at radius 1 is 1.10 bits per heavy atom. The standard InChI is InChI=1S/C21H29ClN6O/c1-15-12-20(25-21(23)24-15)28-6-3-11-29-14-19(28)17-5-4-16(13-18(17)22)27-9-7-26(2)8-10-27/h4-5,12-13,19H,3,6-11,14H2,1-2H3,(H2,23,24,25)/t19-/m0/s1. The number of benzene rings is 1. The third-order valence-electron chi connectivity index (χ3n) is 5.70. The van der Waals surface area contributed by atoms with Crippen molar-refractivity contribution in [3.05, 3.63) is 40.5 Å². The van der Waals surface area contributed by atoms with Gasteiger partial charge in [0.15, 0.2) is 0 Å². The Labute approximate surface area is 177 Å². The van der Waals surface area contributed by atoms with Crippen molar-refractivity contribution < 1.29 is 4.74 Å². The molecule has 2 aliphatic rings. The van der Waals surface area contributed by atoms with Crippen molar-refractivity contribution in [1.29, 1.82) is 0 Å². The Morgan fingerprint density at radius 3 is 2.62 bits per heavy atom. The Bertz CT molecular complexity index is 835. The molecule has 1 atom stereocenters. The van der Waals surface area contributed by atoms with Crippen LogP contribution in [-0.2, 0) is 4.74 Å². The van der Waals surface area contributed by atoms with Crippen molar-refractivity contribution in [3.8, 4) is 0 Å². The second-order valence-corrected chi connectivity index (χ2v) is 8.27. The van der Waals surface area contributed by atoms with E-state index in [-0.39, 0.29) is 6.04 Å². The first-order valence-electron chi connectivity index (χ1n) is 10.2. The van der Waals surface area contributed by atoms with Gasteiger partial charge in [0.05, 0.1) is 12.6 Å². The van der Waals surface area contributed by atoms with Gasteiger partial charge in [-0.25, -0.2) is 4.98 Å². The molecular weight excluding hydrogens is 388 g/mol. The van der Waals surface area contributed by atoms with Crippen LogP contribution in [0.1, 0.15) is 23.7 Å². The molecule has 2 fully saturated rings. The van der Waals surface area contributed by atoms with E-state index in [0.29, 0.717) is 12.6 Å². The molecule has 8 heteroatoms. The lowest BCUT2D eigenvalue weighted by atomic mass is 10.0. The summed E-state index contributed by atoms with van der Waals surface area (Å²) in [6, 6.07) is 8.36. The van der Waals surface area contributed by atoms with Crippen molar-refractivity contribution in [1.82, 2.24) is 14.9 Å². The summed E-state index contributed by atoms with van der Waals surface area (Å²) in [5, 5.41) is 0.765. The third kappa shape index (κ3) is 4.57. The van der Waals surface area contributed by atoms with Crippen LogP contribution in [0.4, 0.5) is 17.5 Å². The van der Waals surface area contributed by atoms with E-state index in [1.54, 1.807) is 0 Å². The number of likely N-dealkylation sites (N-methyl/N-ethyl adjacent to an activating group) is 1. The molecule has 0 saturated carbocycles. The number of anilines is 3. The molecule has 2 aliphatic heterocycles. The first kappa shape index (κ1) is 20.2. The van der Waals surface area contributed by atoms with Crippen LogP contribution in [0.25, 0.3) is 0 Å². The number of aryl methyl sites for hydroxylation is 1. The zero-order valence-corrected chi connectivity index (χ0v) is 17.9. The highest BCUT2D eigenvalue weighted by Crippen LogP contribution is 2.35. The van der Waals surface area contributed by atoms with E-state index in [9.17, 15) is 0 Å². The van der Waals surface area contributed by atoms with E-state index < -0.39 is 0 Å². The third-order valence-corrected chi connectivity index (χ3v) is 6.03. The van der Waals surface area contributed by atoms with Crippen molar-refractivity contribution in [2.24, 2.45) is 0 Å². The van der Waals surface area contributed by atoms with E-state index in [4.69, 9.17) is 22.1 Å². The summed E-state index contributed by atoms with van der Waals surface area (Å²) in [6.45, 7) is 8.23. The van der Waals surface area contributed by atoms with Crippen LogP contribution in [0.3, 0.4) is 0 Å². The fourth-order valence-corrected chi connectivity index (χ4v) is 4.38. The van der Waals surface area contributed by atoms with Crippen molar-refractivity contribution in [2.75, 3.05) is 68.5 Å². The van der Waals surface area contributed by atoms with Gasteiger partial charge in [0.2, 0.25) is 5.95 Å². The zero-order chi connectivity index (χ0) is 20.4. The summed E-state index contributed by atoms with van der Waals surface area (Å²) in [5.74, 6) is 1.12. The molecule has 0 bridgehead atoms. The summed E-state index contributed by atoms with van der Waals surface area (Å²) in [6.07, 6.45) is 0.927. The number of halogens is 1. The Kier molecular flexibility index (Phi) is 6.08. The Morgan fingerprint density at radius 2 is 1.90 bits per heavy atom. The second kappa shape index (κ2) is 8.73. The summed E-state index contributed by atoms with van der Waals surface area (Å²) in [4.78, 5) is 15.7. The van der Waals surface area contributed by atoms with Crippen molar-refractivity contribution >= 4 is 29.1 Å². The minimum atomic E-state index is -0.0137. The van der Waals surface area contributed by atoms with Gasteiger partial charge < -0.3 is 25.2 Å². The van der Waals surface area contributed by atoms with Gasteiger partial charge in [0.25, 0.3) is 0 Å². The molecule has 2 saturated heterocycles. The smallest absolute Gasteiger partial charge is 0.222 e. The lowest BCUT2D eigenvalue weighted by Gasteiger charge is -2.35. The van der Waals surface area contributed by atoms with E-state index in [1.807, 2.05) is 13.0 Å². The Hall–Kier alpha value is -2.09. The molecule has 2 aromatic rings. The maximum absolute atomic E-state index is 6.80. The molecule has 2 N–H and O–H groups in total. The molecule has 1 aromatic heterocycles. The molecule has 7 nitrogen and oxygen atoms in total. The van der Waals surface area contributed by atoms with Gasteiger partial charge in [-0.05, 0) is 38.1 Å². The average Bonchev–Trinajstić information content (AvgIpc) is 2.94. The van der Waals surface area contributed by atoms with Crippen molar-refractivity contribution in [3.63, 3.8) is 0 Å². The number of nitrogens with two attached hydrogens (primary N) is 1. The van der Waals surface area contributed by atoms with Gasteiger partial charge in [-0.1, -0.05) is 17.7 Å². The summed E-state index contributed by atoms with van der Waals surface area (Å²) in [7, 11) is 2.16. The molecule has 1 aromatic carbocycles. The number of piperazine rings is 1. The lowest BCUT2D eigenvalue weighted by Crippen LogP contribution is -2.44. The SMILES string of the molecule is Cc1cc(N2CCCOC[C@H]2c2ccc(N3CCN(C)CC3)cc2Cl)nc(N)n1. The minimum absolute atomic E-state index is 0.0137. The summed E-state index contributed by atoms with van der Waals surface area (Å²) < 4.78 is 5.90. The van der Waals surface area contributed by atoms with Gasteiger partial charge in [-0.3, -0.25) is 0 Å². The fourth-order valence-electron chi connectivity index (χ4n) is 4.08. The second-order valence-electron chi connectivity index (χ2n) is 7.86. The number of aromatic nitrogens is 2. The van der Waals surface area contributed by atoms with Crippen LogP contribution in [0.2, 0.25) is 5.02 Å². The van der Waals surface area contributed by atoms with Crippen LogP contribution in [-0.4, -0.2) is 67.9 Å². The Balaban J connectivity index is 1.63. The topological polar surface area (TPSA) is 70.8 Å². The first-order valence-corrected chi connectivity index (χ1v) is 10.6. The molecule has 29 heavy (non-hydrogen) atoms. The number of rotatable bonds is 3. The molecule has 0 unspecified atom stereocenters. The van der Waals surface area contributed by atoms with Crippen LogP contribution in [0, 0.1) is 6.92 Å². The molecular formula is C21H29ClN6O. The van der Waals surface area contributed by atoms with Crippen molar-refractivity contribution in [2.45, 2.75) is 19.4 Å². The average molecular weight is 417 g/mol. The van der Waals surface area contributed by atoms with Crippen LogP contribution in [0.5, 0.6) is 0 Å². The highest BCUT2D eigenvalue weighted by Gasteiger charge is 2.27. The van der Waals surface area contributed by atoms with Gasteiger partial charge in [0.1, 0.15) is 5.82 Å². The molecule has 0 aliphatic carbocycles. The molecule has 0 spiro atoms. The quantitative estimate of drug-likeness (QED) is 0.824. The highest BCUT2D eigenvalue weighted by atomic mass is 35.5. The predicted octanol–water partition coefficient (Wildman–Crippen LogP) is 2.74. The number of nitrogen functional groups attached to an aromatic ring is 1. The minimum Gasteiger partial charge on any atom is -0.379 e. The monoisotopic (exact) mass is 416 g/mol. The maximum Gasteiger partial charge on any atom is 0.222 e. The number of nitrogens with zero attached hydrogens (tertiary/aromatic N) is 5. The zero-order valence-electron chi connectivity index (χ0n) is 17.1. The number of hydrogen-bond acceptors (Lipinski definition) is 7. The molecule has 3 heterocycles.